The number of fused-ring (bicyclic) bond motifs is 26. The molecule has 0 N–H and O–H groups in total. The van der Waals surface area contributed by atoms with Crippen LogP contribution in [0.25, 0.3) is 192 Å². The van der Waals surface area contributed by atoms with Gasteiger partial charge in [0, 0.05) is 139 Å². The van der Waals surface area contributed by atoms with Gasteiger partial charge in [0.2, 0.25) is 0 Å². The minimum Gasteiger partial charge on any atom is -0.456 e. The number of furan rings is 2. The van der Waals surface area contributed by atoms with Crippen molar-refractivity contribution in [2.75, 3.05) is 14.7 Å². The Labute approximate surface area is 879 Å². The molecule has 2 aliphatic rings. The molecule has 0 aliphatic heterocycles. The highest BCUT2D eigenvalue weighted by Gasteiger charge is 2.48. The summed E-state index contributed by atoms with van der Waals surface area (Å²) in [6.45, 7) is 4.68. The molecule has 5 nitrogen and oxygen atoms in total. The van der Waals surface area contributed by atoms with Gasteiger partial charge in [0.15, 0.2) is 0 Å². The normalized spacial score (nSPS) is 12.7. The molecular formula is C142H93N3O2S3. The predicted octanol–water partition coefficient (Wildman–Crippen LogP) is 41.5. The van der Waals surface area contributed by atoms with Crippen LogP contribution in [0.3, 0.4) is 0 Å². The number of rotatable bonds is 14. The lowest BCUT2D eigenvalue weighted by atomic mass is 9.66. The summed E-state index contributed by atoms with van der Waals surface area (Å²) in [4.78, 5) is 7.14. The maximum absolute atomic E-state index is 6.45. The number of hydrogen-bond acceptors (Lipinski definition) is 8. The number of benzene rings is 24. The predicted molar refractivity (Wildman–Crippen MR) is 640 cm³/mol. The van der Waals surface area contributed by atoms with Crippen molar-refractivity contribution in [3.63, 3.8) is 0 Å². The summed E-state index contributed by atoms with van der Waals surface area (Å²) in [5.74, 6) is 0. The van der Waals surface area contributed by atoms with Crippen LogP contribution >= 0.6 is 34.0 Å². The lowest BCUT2D eigenvalue weighted by molar-refractivity contribution is 0.660. The molecule has 5 heterocycles. The molecule has 706 valence electrons. The van der Waals surface area contributed by atoms with E-state index in [1.165, 1.54) is 176 Å². The highest BCUT2D eigenvalue weighted by molar-refractivity contribution is 7.27. The number of anilines is 9. The molecular weight excluding hydrogens is 1880 g/mol. The minimum atomic E-state index is -0.476. The van der Waals surface area contributed by atoms with E-state index >= 15 is 0 Å². The zero-order chi connectivity index (χ0) is 99.2. The second-order valence-electron chi connectivity index (χ2n) is 39.9. The Bertz CT molecular complexity index is 10400. The number of thiophene rings is 3. The van der Waals surface area contributed by atoms with Crippen molar-refractivity contribution in [2.24, 2.45) is 0 Å². The van der Waals surface area contributed by atoms with Crippen LogP contribution in [0.4, 0.5) is 51.2 Å². The van der Waals surface area contributed by atoms with Crippen molar-refractivity contribution in [3.8, 4) is 55.6 Å². The van der Waals surface area contributed by atoms with E-state index in [1.807, 2.05) is 52.2 Å². The summed E-state index contributed by atoms with van der Waals surface area (Å²) in [5, 5.41) is 19.8. The third-order valence-electron chi connectivity index (χ3n) is 31.2. The Morgan fingerprint density at radius 2 is 0.640 bits per heavy atom. The van der Waals surface area contributed by atoms with E-state index in [-0.39, 0.29) is 5.41 Å². The molecule has 0 amide bonds. The van der Waals surface area contributed by atoms with Crippen LogP contribution in [-0.2, 0) is 10.8 Å². The molecule has 150 heavy (non-hydrogen) atoms. The van der Waals surface area contributed by atoms with Crippen LogP contribution in [0.15, 0.2) is 537 Å². The van der Waals surface area contributed by atoms with Gasteiger partial charge >= 0.3 is 0 Å². The van der Waals surface area contributed by atoms with Gasteiger partial charge in [-0.1, -0.05) is 378 Å². The van der Waals surface area contributed by atoms with Crippen molar-refractivity contribution in [1.29, 1.82) is 0 Å². The standard InChI is InChI=1S/C59H37NOS.C46H29NS2.C37H27NO/c1-4-16-39(17-5-1)59(40-18-6-2-7-19-40)53-26-14-12-23-45(53)52-37-49(44-22-10-11-25-48(44)58(52)59)38-28-32-56-50(34-38)51-35-42(30-33-57(51)62-56)60(41-20-8-3-9-21-41)43-29-31-47-46-24-13-15-27-54(46)61-55(47)36-43;1-2-13-34(14-3-1)47(36-25-26-39-38-17-6-8-19-42(38)48-44(39)29-36)35-15-10-12-32(27-35)30-21-23-31(24-22-30)41-28-33-11-4-5-16-37(33)46-45(41)40-18-7-9-20-43(40)49-46;1-37(2)31-18-10-8-16-28(31)29-21-20-26(23-32(29)37)38(25-13-4-3-5-14-25)36-27-15-7-6-12-24(27)22-34-35(36)30-17-9-11-19-33(30)39-34/h1-37H;1-29H;3-23H,1-2H3. The fourth-order valence-corrected chi connectivity index (χ4v) is 27.9. The fourth-order valence-electron chi connectivity index (χ4n) is 24.4. The van der Waals surface area contributed by atoms with E-state index in [0.29, 0.717) is 0 Å². The Morgan fingerprint density at radius 3 is 1.34 bits per heavy atom. The number of nitrogens with zero attached hydrogens (tertiary/aromatic N) is 3. The Kier molecular flexibility index (Phi) is 21.1. The molecule has 2 aliphatic carbocycles. The zero-order valence-corrected chi connectivity index (χ0v) is 84.6. The van der Waals surface area contributed by atoms with E-state index in [0.717, 1.165) is 100 Å². The Hall–Kier alpha value is -18.3. The topological polar surface area (TPSA) is 36.0 Å². The first kappa shape index (κ1) is 88.2. The van der Waals surface area contributed by atoms with Crippen LogP contribution in [0.5, 0.6) is 0 Å². The molecule has 0 fully saturated rings. The molecule has 24 aromatic carbocycles. The van der Waals surface area contributed by atoms with Crippen molar-refractivity contribution in [3.05, 3.63) is 561 Å². The third kappa shape index (κ3) is 14.4. The van der Waals surface area contributed by atoms with Crippen molar-refractivity contribution in [2.45, 2.75) is 24.7 Å². The van der Waals surface area contributed by atoms with E-state index in [1.54, 1.807) is 0 Å². The molecule has 0 saturated carbocycles. The molecule has 0 saturated heterocycles. The van der Waals surface area contributed by atoms with E-state index < -0.39 is 5.41 Å². The third-order valence-corrected chi connectivity index (χ3v) is 34.7. The van der Waals surface area contributed by atoms with Gasteiger partial charge in [0.1, 0.15) is 22.3 Å². The van der Waals surface area contributed by atoms with Crippen LogP contribution in [-0.4, -0.2) is 0 Å². The van der Waals surface area contributed by atoms with Gasteiger partial charge in [0.05, 0.1) is 16.5 Å². The molecule has 31 rings (SSSR count). The highest BCUT2D eigenvalue weighted by atomic mass is 32.1. The summed E-state index contributed by atoms with van der Waals surface area (Å²) in [7, 11) is 0. The van der Waals surface area contributed by atoms with Crippen LogP contribution in [0.1, 0.15) is 47.2 Å². The van der Waals surface area contributed by atoms with Crippen LogP contribution in [0.2, 0.25) is 0 Å². The summed E-state index contributed by atoms with van der Waals surface area (Å²) >= 11 is 5.61. The van der Waals surface area contributed by atoms with Gasteiger partial charge in [-0.3, -0.25) is 0 Å². The summed E-state index contributed by atoms with van der Waals surface area (Å²) in [6, 6.07) is 192. The van der Waals surface area contributed by atoms with Crippen LogP contribution in [0, 0.1) is 0 Å². The average Bonchev–Trinajstić information content (AvgIpc) is 1.52. The van der Waals surface area contributed by atoms with E-state index in [4.69, 9.17) is 8.83 Å². The van der Waals surface area contributed by atoms with Crippen molar-refractivity contribution in [1.82, 2.24) is 0 Å². The molecule has 0 spiro atoms. The molecule has 29 aromatic rings. The smallest absolute Gasteiger partial charge is 0.138 e. The number of para-hydroxylation sites is 5. The van der Waals surface area contributed by atoms with Gasteiger partial charge in [0.25, 0.3) is 0 Å². The molecule has 0 atom stereocenters. The van der Waals surface area contributed by atoms with Gasteiger partial charge in [-0.05, 0) is 274 Å². The quantitative estimate of drug-likeness (QED) is 0.108. The van der Waals surface area contributed by atoms with Gasteiger partial charge in [-0.15, -0.1) is 34.0 Å². The SMILES string of the molecule is CC1(C)c2ccccc2-c2ccc(N(c3ccccc3)c3c4ccccc4cc4oc5ccccc5c34)cc21.c1ccc(N(c2ccc3c(c2)oc2ccccc23)c2ccc3sc4ccc(-c5cc6c(c7ccccc57)C(c5ccccc5)(c5ccccc5)c5ccccc5-6)cc4c3c2)cc1.c1ccc(N(c2cccc(-c3ccc(-c4cc5ccccc5c5sc6ccccc6c45)cc3)c2)c2ccc3c(c2)sc2ccccc23)cc1. The second kappa shape index (κ2) is 35.8. The first-order valence-electron chi connectivity index (χ1n) is 51.4. The summed E-state index contributed by atoms with van der Waals surface area (Å²) in [6.07, 6.45) is 0. The number of hydrogen-bond donors (Lipinski definition) is 0. The molecule has 8 heteroatoms. The first-order chi connectivity index (χ1) is 74.1. The lowest BCUT2D eigenvalue weighted by Crippen LogP contribution is -2.28. The average molecular weight is 1970 g/mol. The second-order valence-corrected chi connectivity index (χ2v) is 43.1. The van der Waals surface area contributed by atoms with Gasteiger partial charge in [-0.25, -0.2) is 0 Å². The minimum absolute atomic E-state index is 0.0826. The van der Waals surface area contributed by atoms with E-state index in [2.05, 4.69) is 538 Å². The molecule has 5 aromatic heterocycles. The van der Waals surface area contributed by atoms with Crippen LogP contribution < -0.4 is 14.7 Å². The monoisotopic (exact) mass is 1970 g/mol. The highest BCUT2D eigenvalue weighted by Crippen LogP contribution is 2.61. The van der Waals surface area contributed by atoms with E-state index in [9.17, 15) is 0 Å². The molecule has 0 unspecified atom stereocenters. The molecule has 0 bridgehead atoms. The zero-order valence-electron chi connectivity index (χ0n) is 82.1. The summed E-state index contributed by atoms with van der Waals surface area (Å²) < 4.78 is 20.7. The van der Waals surface area contributed by atoms with Crippen molar-refractivity contribution >= 4 is 222 Å². The lowest BCUT2D eigenvalue weighted by Gasteiger charge is -2.35. The fraction of sp³-hybridized carbons (Fsp3) is 0.0282. The Morgan fingerprint density at radius 1 is 0.193 bits per heavy atom. The van der Waals surface area contributed by atoms with Gasteiger partial charge < -0.3 is 23.5 Å². The summed E-state index contributed by atoms with van der Waals surface area (Å²) in [5.41, 5.74) is 33.7. The Balaban J connectivity index is 0.000000109. The first-order valence-corrected chi connectivity index (χ1v) is 53.8. The maximum Gasteiger partial charge on any atom is 0.138 e. The van der Waals surface area contributed by atoms with Crippen molar-refractivity contribution < 1.29 is 8.83 Å². The maximum atomic E-state index is 6.45. The largest absolute Gasteiger partial charge is 0.456 e. The van der Waals surface area contributed by atoms with Gasteiger partial charge in [-0.2, -0.15) is 0 Å². The molecule has 0 radical (unpaired) electrons.